The maximum Gasteiger partial charge on any atom is 0.310 e. The minimum Gasteiger partial charge on any atom is -0.481 e. The number of carbonyl (C=O) groups is 2. The Morgan fingerprint density at radius 2 is 1.71 bits per heavy atom. The third kappa shape index (κ3) is 6.45. The van der Waals surface area contributed by atoms with Gasteiger partial charge in [-0.05, 0) is 67.9 Å². The van der Waals surface area contributed by atoms with E-state index in [1.165, 1.54) is 36.4 Å². The summed E-state index contributed by atoms with van der Waals surface area (Å²) in [6.45, 7) is 3.71. The topological polar surface area (TPSA) is 122 Å². The van der Waals surface area contributed by atoms with Crippen LogP contribution in [0.5, 0.6) is 11.5 Å². The highest BCUT2D eigenvalue weighted by molar-refractivity contribution is 7.92. The van der Waals surface area contributed by atoms with Crippen LogP contribution in [0.2, 0.25) is 10.0 Å². The third-order valence-corrected chi connectivity index (χ3v) is 7.07. The molecule has 3 N–H and O–H groups in total. The molecule has 8 nitrogen and oxygen atoms in total. The number of ether oxygens (including phenoxy) is 1. The van der Waals surface area contributed by atoms with Gasteiger partial charge in [-0.25, -0.2) is 8.42 Å². The fourth-order valence-corrected chi connectivity index (χ4v) is 4.92. The van der Waals surface area contributed by atoms with Crippen LogP contribution in [0.25, 0.3) is 0 Å². The van der Waals surface area contributed by atoms with E-state index in [9.17, 15) is 23.1 Å². The summed E-state index contributed by atoms with van der Waals surface area (Å²) in [7, 11) is -4.18. The number of halogens is 2. The van der Waals surface area contributed by atoms with Crippen LogP contribution in [0.3, 0.4) is 0 Å². The number of carbonyl (C=O) groups excluding carboxylic acids is 1. The average Bonchev–Trinajstić information content (AvgIpc) is 2.79. The highest BCUT2D eigenvalue weighted by Gasteiger charge is 2.22. The predicted octanol–water partition coefficient (Wildman–Crippen LogP) is 5.52. The lowest BCUT2D eigenvalue weighted by molar-refractivity contribution is -0.138. The van der Waals surface area contributed by atoms with Gasteiger partial charge in [-0.2, -0.15) is 0 Å². The lowest BCUT2D eigenvalue weighted by Crippen LogP contribution is -2.23. The van der Waals surface area contributed by atoms with Gasteiger partial charge in [0.1, 0.15) is 10.6 Å². The van der Waals surface area contributed by atoms with Gasteiger partial charge in [0.25, 0.3) is 15.9 Å². The molecule has 3 aromatic carbocycles. The Balaban J connectivity index is 1.98. The zero-order valence-electron chi connectivity index (χ0n) is 18.7. The molecule has 1 atom stereocenters. The molecule has 0 radical (unpaired) electrons. The summed E-state index contributed by atoms with van der Waals surface area (Å²) in [6, 6.07) is 14.6. The Bertz CT molecular complexity index is 1360. The number of rotatable bonds is 9. The monoisotopic (exact) mass is 536 g/mol. The Morgan fingerprint density at radius 3 is 2.31 bits per heavy atom. The summed E-state index contributed by atoms with van der Waals surface area (Å²) in [5.74, 6) is -1.60. The fraction of sp³-hybridized carbons (Fsp3) is 0.167. The van der Waals surface area contributed by atoms with Gasteiger partial charge in [0.15, 0.2) is 5.75 Å². The maximum absolute atomic E-state index is 13.1. The second kappa shape index (κ2) is 11.0. The largest absolute Gasteiger partial charge is 0.481 e. The number of carboxylic acids is 1. The van der Waals surface area contributed by atoms with Gasteiger partial charge >= 0.3 is 5.97 Å². The van der Waals surface area contributed by atoms with Crippen molar-refractivity contribution in [3.63, 3.8) is 0 Å². The van der Waals surface area contributed by atoms with Crippen molar-refractivity contribution in [1.29, 1.82) is 0 Å². The maximum atomic E-state index is 13.1. The van der Waals surface area contributed by atoms with E-state index < -0.39 is 27.8 Å². The molecule has 0 aliphatic heterocycles. The van der Waals surface area contributed by atoms with E-state index in [1.807, 2.05) is 0 Å². The molecule has 0 aromatic heterocycles. The number of sulfonamides is 1. The molecule has 0 fully saturated rings. The SMILES string of the molecule is CCNC(=O)c1ccc(Oc2ccc(C(C)C(=O)O)cc2)c(NS(=O)(=O)c2ccc(Cl)cc2Cl)c1. The molecule has 0 saturated heterocycles. The van der Waals surface area contributed by atoms with Crippen LogP contribution < -0.4 is 14.8 Å². The lowest BCUT2D eigenvalue weighted by atomic mass is 10.0. The number of nitrogens with one attached hydrogen (secondary N) is 2. The molecule has 3 rings (SSSR count). The van der Waals surface area contributed by atoms with Crippen LogP contribution >= 0.6 is 23.2 Å². The van der Waals surface area contributed by atoms with Crippen molar-refractivity contribution < 1.29 is 27.9 Å². The molecule has 0 bridgehead atoms. The highest BCUT2D eigenvalue weighted by atomic mass is 35.5. The molecular weight excluding hydrogens is 515 g/mol. The van der Waals surface area contributed by atoms with Crippen molar-refractivity contribution in [3.8, 4) is 11.5 Å². The van der Waals surface area contributed by atoms with E-state index in [4.69, 9.17) is 27.9 Å². The molecule has 35 heavy (non-hydrogen) atoms. The van der Waals surface area contributed by atoms with E-state index in [0.717, 1.165) is 0 Å². The van der Waals surface area contributed by atoms with Crippen molar-refractivity contribution in [2.24, 2.45) is 0 Å². The normalized spacial score (nSPS) is 12.0. The quantitative estimate of drug-likeness (QED) is 0.330. The predicted molar refractivity (Wildman–Crippen MR) is 134 cm³/mol. The van der Waals surface area contributed by atoms with Crippen LogP contribution in [-0.2, 0) is 14.8 Å². The number of anilines is 1. The second-order valence-corrected chi connectivity index (χ2v) is 9.98. The molecule has 0 saturated carbocycles. The summed E-state index contributed by atoms with van der Waals surface area (Å²) in [5.41, 5.74) is 0.794. The number of carboxylic acid groups (broad SMARTS) is 1. The summed E-state index contributed by atoms with van der Waals surface area (Å²) < 4.78 is 34.5. The zero-order valence-corrected chi connectivity index (χ0v) is 21.0. The minimum atomic E-state index is -4.18. The molecule has 184 valence electrons. The van der Waals surface area contributed by atoms with E-state index in [2.05, 4.69) is 10.0 Å². The standard InChI is InChI=1S/C24H22Cl2N2O6S/c1-3-27-23(29)16-6-10-21(34-18-8-4-15(5-9-18)14(2)24(30)31)20(12-16)28-35(32,33)22-11-7-17(25)13-19(22)26/h4-14,28H,3H2,1-2H3,(H,27,29)(H,30,31). The van der Waals surface area contributed by atoms with Crippen molar-refractivity contribution in [3.05, 3.63) is 81.8 Å². The van der Waals surface area contributed by atoms with Crippen LogP contribution in [0.1, 0.15) is 35.7 Å². The van der Waals surface area contributed by atoms with E-state index in [0.29, 0.717) is 17.9 Å². The number of benzene rings is 3. The van der Waals surface area contributed by atoms with E-state index in [-0.39, 0.29) is 31.9 Å². The lowest BCUT2D eigenvalue weighted by Gasteiger charge is -2.16. The molecule has 1 unspecified atom stereocenters. The molecule has 11 heteroatoms. The van der Waals surface area contributed by atoms with Crippen molar-refractivity contribution in [1.82, 2.24) is 5.32 Å². The molecular formula is C24H22Cl2N2O6S. The first-order valence-electron chi connectivity index (χ1n) is 10.4. The molecule has 3 aromatic rings. The van der Waals surface area contributed by atoms with Crippen LogP contribution in [0.4, 0.5) is 5.69 Å². The zero-order chi connectivity index (χ0) is 25.8. The number of hydrogen-bond acceptors (Lipinski definition) is 5. The van der Waals surface area contributed by atoms with Crippen molar-refractivity contribution >= 4 is 50.8 Å². The number of aliphatic carboxylic acids is 1. The smallest absolute Gasteiger partial charge is 0.310 e. The fourth-order valence-electron chi connectivity index (χ4n) is 3.09. The Labute approximate surface area is 212 Å². The van der Waals surface area contributed by atoms with Crippen LogP contribution in [-0.4, -0.2) is 31.9 Å². The highest BCUT2D eigenvalue weighted by Crippen LogP contribution is 2.34. The molecule has 0 heterocycles. The van der Waals surface area contributed by atoms with E-state index in [1.54, 1.807) is 38.1 Å². The average molecular weight is 537 g/mol. The second-order valence-electron chi connectivity index (χ2n) is 7.48. The molecule has 0 aliphatic carbocycles. The number of hydrogen-bond donors (Lipinski definition) is 3. The summed E-state index contributed by atoms with van der Waals surface area (Å²) in [5, 5.41) is 12.0. The summed E-state index contributed by atoms with van der Waals surface area (Å²) in [4.78, 5) is 23.3. The van der Waals surface area contributed by atoms with Gasteiger partial charge in [0.05, 0.1) is 16.6 Å². The van der Waals surface area contributed by atoms with Gasteiger partial charge in [0, 0.05) is 17.1 Å². The Morgan fingerprint density at radius 1 is 1.03 bits per heavy atom. The number of amides is 1. The van der Waals surface area contributed by atoms with Crippen molar-refractivity contribution in [2.45, 2.75) is 24.7 Å². The van der Waals surface area contributed by atoms with Gasteiger partial charge in [0.2, 0.25) is 0 Å². The first-order chi connectivity index (χ1) is 16.5. The van der Waals surface area contributed by atoms with Crippen LogP contribution in [0.15, 0.2) is 65.6 Å². The van der Waals surface area contributed by atoms with E-state index >= 15 is 0 Å². The Hall–Kier alpha value is -3.27. The summed E-state index contributed by atoms with van der Waals surface area (Å²) >= 11 is 12.0. The van der Waals surface area contributed by atoms with Gasteiger partial charge in [-0.1, -0.05) is 35.3 Å². The molecule has 1 amide bonds. The Kier molecular flexibility index (Phi) is 8.26. The molecule has 0 aliphatic rings. The van der Waals surface area contributed by atoms with Gasteiger partial charge in [-0.3, -0.25) is 14.3 Å². The summed E-state index contributed by atoms with van der Waals surface area (Å²) in [6.07, 6.45) is 0. The first-order valence-corrected chi connectivity index (χ1v) is 12.7. The van der Waals surface area contributed by atoms with Gasteiger partial charge in [-0.15, -0.1) is 0 Å². The van der Waals surface area contributed by atoms with Gasteiger partial charge < -0.3 is 15.2 Å². The molecule has 0 spiro atoms. The minimum absolute atomic E-state index is 0.00255. The third-order valence-electron chi connectivity index (χ3n) is 4.99. The first kappa shape index (κ1) is 26.3. The van der Waals surface area contributed by atoms with Crippen molar-refractivity contribution in [2.75, 3.05) is 11.3 Å². The van der Waals surface area contributed by atoms with Crippen LogP contribution in [0, 0.1) is 0 Å².